The quantitative estimate of drug-likeness (QED) is 0.367. The maximum Gasteiger partial charge on any atom is 0.265 e. The molecule has 35 heavy (non-hydrogen) atoms. The molecular weight excluding hydrogens is 509 g/mol. The number of nitrogens with one attached hydrogen (secondary N) is 1. The van der Waals surface area contributed by atoms with Crippen molar-refractivity contribution in [1.29, 1.82) is 0 Å². The van der Waals surface area contributed by atoms with Crippen LogP contribution in [-0.2, 0) is 10.0 Å². The van der Waals surface area contributed by atoms with Crippen LogP contribution in [0.3, 0.4) is 0 Å². The molecule has 180 valence electrons. The molecule has 1 aliphatic rings. The molecule has 1 atom stereocenters. The van der Waals surface area contributed by atoms with E-state index >= 15 is 8.78 Å². The van der Waals surface area contributed by atoms with Gasteiger partial charge in [0, 0.05) is 22.3 Å². The Balaban J connectivity index is 1.61. The van der Waals surface area contributed by atoms with Crippen LogP contribution in [0.15, 0.2) is 47.5 Å². The maximum absolute atomic E-state index is 15.4. The molecule has 4 aromatic rings. The van der Waals surface area contributed by atoms with Crippen LogP contribution in [0.5, 0.6) is 5.75 Å². The second-order valence-electron chi connectivity index (χ2n) is 7.63. The summed E-state index contributed by atoms with van der Waals surface area (Å²) in [5.74, 6) is -3.76. The number of ether oxygens (including phenoxy) is 1. The summed E-state index contributed by atoms with van der Waals surface area (Å²) in [4.78, 5) is 7.11. The van der Waals surface area contributed by atoms with E-state index in [-0.39, 0.29) is 39.8 Å². The van der Waals surface area contributed by atoms with Crippen LogP contribution in [0.1, 0.15) is 11.7 Å². The first-order valence-electron chi connectivity index (χ1n) is 9.93. The predicted molar refractivity (Wildman–Crippen MR) is 122 cm³/mol. The number of fused-ring (bicyclic) bond motifs is 2. The maximum atomic E-state index is 15.4. The van der Waals surface area contributed by atoms with Crippen molar-refractivity contribution in [2.75, 3.05) is 17.1 Å². The van der Waals surface area contributed by atoms with Crippen LogP contribution in [0.2, 0.25) is 5.02 Å². The highest BCUT2D eigenvalue weighted by Gasteiger charge is 2.32. The largest absolute Gasteiger partial charge is 0.489 e. The van der Waals surface area contributed by atoms with E-state index < -0.39 is 55.3 Å². The molecule has 5 rings (SSSR count). The minimum atomic E-state index is -4.53. The van der Waals surface area contributed by atoms with Crippen molar-refractivity contribution in [1.82, 2.24) is 9.97 Å². The van der Waals surface area contributed by atoms with Gasteiger partial charge in [-0.05, 0) is 36.4 Å². The summed E-state index contributed by atoms with van der Waals surface area (Å²) in [6, 6.07) is 6.47. The SMILES string of the molecule is Nc1ncc2c(F)c(-c3c(F)ccc(NS(=O)(=O)c4cc(Cl)cc5c4OC[C@H]5O)c3F)ccc2n1. The standard InChI is InChI=1S/C22H14ClF3N4O4S/c23-9-5-11-16(31)8-34-21(11)17(6-9)35(32,33)30-15-4-2-13(24)18(20(15)26)10-1-3-14-12(19(10)25)7-28-22(27)29-14/h1-7,16,30-31H,8H2,(H2,27,28,29)/t16-/m1/s1. The van der Waals surface area contributed by atoms with Gasteiger partial charge in [-0.25, -0.2) is 31.6 Å². The number of nitrogens with zero attached hydrogens (tertiary/aromatic N) is 2. The van der Waals surface area contributed by atoms with Crippen molar-refractivity contribution in [2.45, 2.75) is 11.0 Å². The summed E-state index contributed by atoms with van der Waals surface area (Å²) in [7, 11) is -4.53. The molecule has 4 N–H and O–H groups in total. The monoisotopic (exact) mass is 522 g/mol. The lowest BCUT2D eigenvalue weighted by molar-refractivity contribution is 0.140. The molecule has 0 bridgehead atoms. The number of sulfonamides is 1. The fraction of sp³-hybridized carbons (Fsp3) is 0.0909. The van der Waals surface area contributed by atoms with Crippen molar-refractivity contribution in [3.8, 4) is 16.9 Å². The van der Waals surface area contributed by atoms with Crippen LogP contribution in [0.4, 0.5) is 24.8 Å². The lowest BCUT2D eigenvalue weighted by Gasteiger charge is -2.15. The molecule has 1 aromatic heterocycles. The highest BCUT2D eigenvalue weighted by Crippen LogP contribution is 2.41. The lowest BCUT2D eigenvalue weighted by atomic mass is 10.0. The zero-order valence-electron chi connectivity index (χ0n) is 17.4. The summed E-state index contributed by atoms with van der Waals surface area (Å²) in [6.07, 6.45) is -0.0190. The number of rotatable bonds is 4. The number of aliphatic hydroxyl groups is 1. The molecule has 2 heterocycles. The number of hydrogen-bond acceptors (Lipinski definition) is 7. The molecule has 0 aliphatic carbocycles. The summed E-state index contributed by atoms with van der Waals surface area (Å²) in [5.41, 5.74) is 3.83. The molecule has 0 unspecified atom stereocenters. The third kappa shape index (κ3) is 3.89. The van der Waals surface area contributed by atoms with Crippen molar-refractivity contribution < 1.29 is 31.4 Å². The molecule has 3 aromatic carbocycles. The smallest absolute Gasteiger partial charge is 0.265 e. The third-order valence-electron chi connectivity index (χ3n) is 5.40. The van der Waals surface area contributed by atoms with Crippen LogP contribution < -0.4 is 15.2 Å². The Morgan fingerprint density at radius 2 is 1.91 bits per heavy atom. The molecule has 0 amide bonds. The first-order valence-corrected chi connectivity index (χ1v) is 11.8. The number of aliphatic hydroxyl groups excluding tert-OH is 1. The normalized spacial score (nSPS) is 15.2. The molecule has 0 fully saturated rings. The van der Waals surface area contributed by atoms with E-state index in [9.17, 15) is 17.9 Å². The number of nitrogen functional groups attached to an aromatic ring is 1. The van der Waals surface area contributed by atoms with E-state index in [1.165, 1.54) is 12.1 Å². The van der Waals surface area contributed by atoms with Crippen molar-refractivity contribution in [3.63, 3.8) is 0 Å². The number of hydrogen-bond donors (Lipinski definition) is 3. The Morgan fingerprint density at radius 1 is 1.14 bits per heavy atom. The first kappa shape index (κ1) is 23.1. The average Bonchev–Trinajstić information content (AvgIpc) is 3.17. The van der Waals surface area contributed by atoms with E-state index in [1.54, 1.807) is 0 Å². The molecule has 0 radical (unpaired) electrons. The van der Waals surface area contributed by atoms with Crippen LogP contribution in [0, 0.1) is 17.5 Å². The van der Waals surface area contributed by atoms with Gasteiger partial charge in [0.2, 0.25) is 5.95 Å². The summed E-state index contributed by atoms with van der Waals surface area (Å²) in [5, 5.41) is 9.85. The molecule has 13 heteroatoms. The van der Waals surface area contributed by atoms with Gasteiger partial charge in [-0.3, -0.25) is 4.72 Å². The zero-order valence-corrected chi connectivity index (χ0v) is 19.0. The predicted octanol–water partition coefficient (Wildman–Crippen LogP) is 4.18. The minimum absolute atomic E-state index is 0.00460. The number of benzene rings is 3. The minimum Gasteiger partial charge on any atom is -0.489 e. The van der Waals surface area contributed by atoms with Crippen LogP contribution in [0.25, 0.3) is 22.0 Å². The van der Waals surface area contributed by atoms with Crippen molar-refractivity contribution in [3.05, 3.63) is 70.6 Å². The summed E-state index contributed by atoms with van der Waals surface area (Å²) >= 11 is 5.99. The van der Waals surface area contributed by atoms with Gasteiger partial charge in [0.05, 0.1) is 22.2 Å². The number of anilines is 2. The lowest BCUT2D eigenvalue weighted by Crippen LogP contribution is -2.15. The topological polar surface area (TPSA) is 127 Å². The zero-order chi connectivity index (χ0) is 25.1. The second-order valence-corrected chi connectivity index (χ2v) is 9.71. The molecular formula is C22H14ClF3N4O4S. The Labute approximate surface area is 201 Å². The number of aromatic nitrogens is 2. The van der Waals surface area contributed by atoms with Gasteiger partial charge in [-0.2, -0.15) is 0 Å². The Kier molecular flexibility index (Phi) is 5.46. The molecule has 0 spiro atoms. The molecule has 0 saturated carbocycles. The van der Waals surface area contributed by atoms with Gasteiger partial charge in [0.15, 0.2) is 5.82 Å². The van der Waals surface area contributed by atoms with Gasteiger partial charge in [-0.1, -0.05) is 11.6 Å². The van der Waals surface area contributed by atoms with Crippen molar-refractivity contribution >= 4 is 44.2 Å². The average molecular weight is 523 g/mol. The summed E-state index contributed by atoms with van der Waals surface area (Å²) < 4.78 is 78.8. The van der Waals surface area contributed by atoms with E-state index in [1.807, 2.05) is 4.72 Å². The van der Waals surface area contributed by atoms with E-state index in [0.29, 0.717) is 0 Å². The van der Waals surface area contributed by atoms with Gasteiger partial charge in [0.25, 0.3) is 10.0 Å². The molecule has 8 nitrogen and oxygen atoms in total. The van der Waals surface area contributed by atoms with Crippen LogP contribution in [-0.4, -0.2) is 30.1 Å². The third-order valence-corrected chi connectivity index (χ3v) is 6.99. The second kappa shape index (κ2) is 8.26. The van der Waals surface area contributed by atoms with Gasteiger partial charge in [0.1, 0.15) is 35.0 Å². The fourth-order valence-corrected chi connectivity index (χ4v) is 5.35. The first-order chi connectivity index (χ1) is 16.6. The van der Waals surface area contributed by atoms with Gasteiger partial charge in [-0.15, -0.1) is 0 Å². The van der Waals surface area contributed by atoms with E-state index in [2.05, 4.69) is 9.97 Å². The Bertz CT molecular complexity index is 1640. The molecule has 0 saturated heterocycles. The summed E-state index contributed by atoms with van der Waals surface area (Å²) in [6.45, 7) is -0.191. The Morgan fingerprint density at radius 3 is 2.69 bits per heavy atom. The van der Waals surface area contributed by atoms with E-state index in [0.717, 1.165) is 30.5 Å². The van der Waals surface area contributed by atoms with E-state index in [4.69, 9.17) is 22.1 Å². The number of nitrogens with two attached hydrogens (primary N) is 1. The van der Waals surface area contributed by atoms with Crippen molar-refractivity contribution in [2.24, 2.45) is 0 Å². The Hall–Kier alpha value is -3.61. The highest BCUT2D eigenvalue weighted by molar-refractivity contribution is 7.92. The van der Waals surface area contributed by atoms with Gasteiger partial charge < -0.3 is 15.6 Å². The number of halogens is 4. The van der Waals surface area contributed by atoms with Crippen LogP contribution >= 0.6 is 11.6 Å². The molecule has 1 aliphatic heterocycles. The van der Waals surface area contributed by atoms with Gasteiger partial charge >= 0.3 is 0 Å². The fourth-order valence-electron chi connectivity index (χ4n) is 3.80. The highest BCUT2D eigenvalue weighted by atomic mass is 35.5.